The van der Waals surface area contributed by atoms with Crippen molar-refractivity contribution in [1.29, 1.82) is 0 Å². The number of hydrogen-bond donors (Lipinski definition) is 0. The molecule has 0 bridgehead atoms. The molecule has 2 heteroatoms. The van der Waals surface area contributed by atoms with Crippen LogP contribution >= 0.6 is 0 Å². The number of hydrogen-bond acceptors (Lipinski definition) is 2. The van der Waals surface area contributed by atoms with Gasteiger partial charge in [-0.3, -0.25) is 4.79 Å². The number of allylic oxidation sites excluding steroid dienone is 1. The van der Waals surface area contributed by atoms with E-state index in [-0.39, 0.29) is 5.97 Å². The first-order chi connectivity index (χ1) is 9.79. The van der Waals surface area contributed by atoms with E-state index in [4.69, 9.17) is 4.74 Å². The summed E-state index contributed by atoms with van der Waals surface area (Å²) in [5.74, 6) is -0.181. The Morgan fingerprint density at radius 3 is 2.15 bits per heavy atom. The Morgan fingerprint density at radius 1 is 0.950 bits per heavy atom. The molecule has 0 aromatic heterocycles. The fourth-order valence-electron chi connectivity index (χ4n) is 2.04. The number of carbonyl (C=O) groups excluding carboxylic acids is 1. The number of rotatable bonds is 5. The molecule has 2 rings (SSSR count). The summed E-state index contributed by atoms with van der Waals surface area (Å²) in [7, 11) is 1.42. The Hall–Kier alpha value is -2.35. The zero-order chi connectivity index (χ0) is 14.2. The van der Waals surface area contributed by atoms with Crippen molar-refractivity contribution in [1.82, 2.24) is 0 Å². The highest BCUT2D eigenvalue weighted by atomic mass is 16.5. The zero-order valence-corrected chi connectivity index (χ0v) is 11.6. The van der Waals surface area contributed by atoms with E-state index in [1.807, 2.05) is 36.4 Å². The average Bonchev–Trinajstić information content (AvgIpc) is 2.53. The van der Waals surface area contributed by atoms with Crippen LogP contribution in [0.4, 0.5) is 0 Å². The zero-order valence-electron chi connectivity index (χ0n) is 11.6. The third-order valence-electron chi connectivity index (χ3n) is 3.11. The smallest absolute Gasteiger partial charge is 0.305 e. The molecule has 0 aliphatic heterocycles. The van der Waals surface area contributed by atoms with Crippen molar-refractivity contribution in [2.45, 2.75) is 12.8 Å². The molecule has 0 saturated carbocycles. The second-order valence-corrected chi connectivity index (χ2v) is 4.52. The summed E-state index contributed by atoms with van der Waals surface area (Å²) >= 11 is 0. The lowest BCUT2D eigenvalue weighted by Gasteiger charge is -2.08. The maximum Gasteiger partial charge on any atom is 0.305 e. The maximum absolute atomic E-state index is 11.4. The van der Waals surface area contributed by atoms with Crippen LogP contribution in [0.1, 0.15) is 24.0 Å². The van der Waals surface area contributed by atoms with Gasteiger partial charge in [0.2, 0.25) is 0 Å². The van der Waals surface area contributed by atoms with Crippen molar-refractivity contribution in [3.63, 3.8) is 0 Å². The van der Waals surface area contributed by atoms with Crippen molar-refractivity contribution in [3.05, 3.63) is 71.8 Å². The molecule has 0 heterocycles. The van der Waals surface area contributed by atoms with Crippen molar-refractivity contribution in [2.75, 3.05) is 7.11 Å². The summed E-state index contributed by atoms with van der Waals surface area (Å²) in [6, 6.07) is 20.3. The first-order valence-corrected chi connectivity index (χ1v) is 6.67. The molecule has 0 spiro atoms. The summed E-state index contributed by atoms with van der Waals surface area (Å²) in [5.41, 5.74) is 3.42. The highest BCUT2D eigenvalue weighted by Gasteiger charge is 2.06. The second kappa shape index (κ2) is 7.29. The molecule has 0 N–H and O–H groups in total. The Morgan fingerprint density at radius 2 is 1.55 bits per heavy atom. The van der Waals surface area contributed by atoms with Crippen molar-refractivity contribution in [3.8, 4) is 0 Å². The Balaban J connectivity index is 2.25. The average molecular weight is 266 g/mol. The van der Waals surface area contributed by atoms with Gasteiger partial charge in [-0.25, -0.2) is 0 Å². The molecule has 2 nitrogen and oxygen atoms in total. The van der Waals surface area contributed by atoms with Crippen LogP contribution < -0.4 is 0 Å². The molecule has 0 amide bonds. The number of carbonyl (C=O) groups is 1. The highest BCUT2D eigenvalue weighted by Crippen LogP contribution is 2.23. The lowest BCUT2D eigenvalue weighted by Crippen LogP contribution is -2.00. The van der Waals surface area contributed by atoms with Crippen molar-refractivity contribution >= 4 is 17.6 Å². The largest absolute Gasteiger partial charge is 0.469 e. The molecule has 2 aromatic rings. The van der Waals surface area contributed by atoms with Crippen LogP contribution in [0, 0.1) is 0 Å². The summed E-state index contributed by atoms with van der Waals surface area (Å²) in [6.07, 6.45) is 3.19. The Bertz CT molecular complexity index is 571. The summed E-state index contributed by atoms with van der Waals surface area (Å²) in [6.45, 7) is 0. The van der Waals surface area contributed by atoms with Gasteiger partial charge < -0.3 is 4.74 Å². The fourth-order valence-corrected chi connectivity index (χ4v) is 2.04. The monoisotopic (exact) mass is 266 g/mol. The predicted octanol–water partition coefficient (Wildman–Crippen LogP) is 4.18. The van der Waals surface area contributed by atoms with Crippen LogP contribution in [0.3, 0.4) is 0 Å². The van der Waals surface area contributed by atoms with Gasteiger partial charge in [0.25, 0.3) is 0 Å². The molecule has 0 atom stereocenters. The molecule has 20 heavy (non-hydrogen) atoms. The van der Waals surface area contributed by atoms with Crippen LogP contribution in [0.15, 0.2) is 60.7 Å². The van der Waals surface area contributed by atoms with Gasteiger partial charge in [-0.05, 0) is 23.1 Å². The molecule has 102 valence electrons. The summed E-state index contributed by atoms with van der Waals surface area (Å²) in [4.78, 5) is 11.4. The molecule has 0 radical (unpaired) electrons. The van der Waals surface area contributed by atoms with E-state index < -0.39 is 0 Å². The summed E-state index contributed by atoms with van der Waals surface area (Å²) < 4.78 is 4.72. The van der Waals surface area contributed by atoms with E-state index in [2.05, 4.69) is 30.3 Å². The number of methoxy groups -OCH3 is 1. The van der Waals surface area contributed by atoms with Gasteiger partial charge in [0, 0.05) is 6.42 Å². The second-order valence-electron chi connectivity index (χ2n) is 4.52. The van der Waals surface area contributed by atoms with Gasteiger partial charge in [-0.1, -0.05) is 66.7 Å². The normalized spacial score (nSPS) is 11.2. The SMILES string of the molecule is COC(=O)CC/C(=C\c1ccccc1)c1ccccc1. The van der Waals surface area contributed by atoms with Gasteiger partial charge in [0.15, 0.2) is 0 Å². The van der Waals surface area contributed by atoms with E-state index in [0.717, 1.165) is 16.7 Å². The Kier molecular flexibility index (Phi) is 5.13. The molecule has 0 aliphatic rings. The lowest BCUT2D eigenvalue weighted by molar-refractivity contribution is -0.140. The quantitative estimate of drug-likeness (QED) is 0.599. The lowest BCUT2D eigenvalue weighted by atomic mass is 9.98. The Labute approximate surface area is 119 Å². The minimum absolute atomic E-state index is 0.181. The minimum Gasteiger partial charge on any atom is -0.469 e. The van der Waals surface area contributed by atoms with E-state index in [1.165, 1.54) is 7.11 Å². The van der Waals surface area contributed by atoms with E-state index >= 15 is 0 Å². The van der Waals surface area contributed by atoms with Crippen LogP contribution in [-0.2, 0) is 9.53 Å². The van der Waals surface area contributed by atoms with Gasteiger partial charge >= 0.3 is 5.97 Å². The molecule has 0 saturated heterocycles. The van der Waals surface area contributed by atoms with Gasteiger partial charge in [-0.15, -0.1) is 0 Å². The molecular weight excluding hydrogens is 248 g/mol. The maximum atomic E-state index is 11.4. The predicted molar refractivity (Wildman–Crippen MR) is 82.0 cm³/mol. The van der Waals surface area contributed by atoms with E-state index in [0.29, 0.717) is 12.8 Å². The minimum atomic E-state index is -0.181. The first-order valence-electron chi connectivity index (χ1n) is 6.67. The molecule has 2 aromatic carbocycles. The van der Waals surface area contributed by atoms with Gasteiger partial charge in [0.1, 0.15) is 0 Å². The fraction of sp³-hybridized carbons (Fsp3) is 0.167. The number of esters is 1. The van der Waals surface area contributed by atoms with Crippen LogP contribution in [-0.4, -0.2) is 13.1 Å². The third kappa shape index (κ3) is 4.09. The summed E-state index contributed by atoms with van der Waals surface area (Å²) in [5, 5.41) is 0. The van der Waals surface area contributed by atoms with Crippen LogP contribution in [0.2, 0.25) is 0 Å². The standard InChI is InChI=1S/C18H18O2/c1-20-18(19)13-12-17(16-10-6-3-7-11-16)14-15-8-4-2-5-9-15/h2-11,14H,12-13H2,1H3/b17-14+. The van der Waals surface area contributed by atoms with Crippen LogP contribution in [0.25, 0.3) is 11.6 Å². The molecule has 0 unspecified atom stereocenters. The van der Waals surface area contributed by atoms with Crippen molar-refractivity contribution < 1.29 is 9.53 Å². The van der Waals surface area contributed by atoms with Crippen molar-refractivity contribution in [2.24, 2.45) is 0 Å². The molecule has 0 aliphatic carbocycles. The number of benzene rings is 2. The molecule has 0 fully saturated rings. The van der Waals surface area contributed by atoms with Gasteiger partial charge in [0.05, 0.1) is 7.11 Å². The van der Waals surface area contributed by atoms with Crippen LogP contribution in [0.5, 0.6) is 0 Å². The topological polar surface area (TPSA) is 26.3 Å². The first kappa shape index (κ1) is 14.1. The third-order valence-corrected chi connectivity index (χ3v) is 3.11. The van der Waals surface area contributed by atoms with E-state index in [1.54, 1.807) is 0 Å². The van der Waals surface area contributed by atoms with E-state index in [9.17, 15) is 4.79 Å². The molecular formula is C18H18O2. The number of ether oxygens (including phenoxy) is 1. The van der Waals surface area contributed by atoms with Gasteiger partial charge in [-0.2, -0.15) is 0 Å². The highest BCUT2D eigenvalue weighted by molar-refractivity contribution is 5.83.